The lowest BCUT2D eigenvalue weighted by atomic mass is 10.0. The van der Waals surface area contributed by atoms with Gasteiger partial charge >= 0.3 is 5.97 Å². The van der Waals surface area contributed by atoms with Gasteiger partial charge in [-0.1, -0.05) is 18.2 Å². The zero-order valence-corrected chi connectivity index (χ0v) is 8.13. The van der Waals surface area contributed by atoms with Crippen LogP contribution in [0.5, 0.6) is 0 Å². The summed E-state index contributed by atoms with van der Waals surface area (Å²) in [6.45, 7) is -0.760. The maximum absolute atomic E-state index is 12.2. The lowest BCUT2D eigenvalue weighted by Crippen LogP contribution is -2.16. The Morgan fingerprint density at radius 2 is 2.07 bits per heavy atom. The Bertz CT molecular complexity index is 319. The summed E-state index contributed by atoms with van der Waals surface area (Å²) in [4.78, 5) is 10.7. The van der Waals surface area contributed by atoms with Gasteiger partial charge in [-0.2, -0.15) is 0 Å². The molecule has 0 aliphatic carbocycles. The van der Waals surface area contributed by atoms with Crippen LogP contribution in [-0.2, 0) is 0 Å². The van der Waals surface area contributed by atoms with Crippen molar-refractivity contribution in [2.75, 3.05) is 6.67 Å². The van der Waals surface area contributed by atoms with Crippen molar-refractivity contribution in [3.05, 3.63) is 35.4 Å². The Labute approximate surface area is 87.1 Å². The maximum atomic E-state index is 12.2. The molecule has 0 radical (unpaired) electrons. The molecule has 78 valence electrons. The normalized spacial score (nSPS) is 11.6. The van der Waals surface area contributed by atoms with Crippen molar-refractivity contribution >= 4 is 18.4 Å². The summed E-state index contributed by atoms with van der Waals surface area (Å²) >= 11 is 0. The number of hydrogen-bond acceptors (Lipinski definition) is 2. The van der Waals surface area contributed by atoms with Crippen LogP contribution in [0.2, 0.25) is 0 Å². The van der Waals surface area contributed by atoms with Crippen molar-refractivity contribution in [2.24, 2.45) is 5.73 Å². The molecule has 1 aromatic carbocycles. The van der Waals surface area contributed by atoms with Crippen LogP contribution in [0.3, 0.4) is 0 Å². The van der Waals surface area contributed by atoms with Gasteiger partial charge in [-0.05, 0) is 11.6 Å². The summed E-state index contributed by atoms with van der Waals surface area (Å²) in [5.41, 5.74) is 5.79. The molecule has 0 amide bonds. The molecule has 3 N–H and O–H groups in total. The number of halogens is 2. The van der Waals surface area contributed by atoms with Gasteiger partial charge in [-0.15, -0.1) is 12.4 Å². The van der Waals surface area contributed by atoms with Crippen LogP contribution in [-0.4, -0.2) is 17.8 Å². The first-order valence-electron chi connectivity index (χ1n) is 3.80. The molecule has 0 aliphatic heterocycles. The number of hydrogen-bond donors (Lipinski definition) is 2. The second kappa shape index (κ2) is 5.57. The summed E-state index contributed by atoms with van der Waals surface area (Å²) in [6.07, 6.45) is 0. The molecule has 0 aromatic heterocycles. The number of carboxylic acid groups (broad SMARTS) is 1. The molecular formula is C9H11ClFNO2. The predicted octanol–water partition coefficient (Wildman–Crippen LogP) is 1.78. The monoisotopic (exact) mass is 219 g/mol. The van der Waals surface area contributed by atoms with Gasteiger partial charge in [-0.3, -0.25) is 0 Å². The van der Waals surface area contributed by atoms with Crippen LogP contribution in [0, 0.1) is 0 Å². The van der Waals surface area contributed by atoms with Gasteiger partial charge in [0.15, 0.2) is 0 Å². The van der Waals surface area contributed by atoms with Crippen LogP contribution in [0.4, 0.5) is 4.39 Å². The number of nitrogens with two attached hydrogens (primary N) is 1. The highest BCUT2D eigenvalue weighted by atomic mass is 35.5. The van der Waals surface area contributed by atoms with Crippen LogP contribution < -0.4 is 5.73 Å². The highest BCUT2D eigenvalue weighted by Gasteiger charge is 2.14. The Kier molecular flexibility index (Phi) is 5.12. The lowest BCUT2D eigenvalue weighted by Gasteiger charge is -2.09. The molecule has 0 fully saturated rings. The smallest absolute Gasteiger partial charge is 0.336 e. The first-order valence-corrected chi connectivity index (χ1v) is 3.80. The van der Waals surface area contributed by atoms with Crippen LogP contribution in [0.1, 0.15) is 22.0 Å². The van der Waals surface area contributed by atoms with Crippen molar-refractivity contribution in [3.8, 4) is 0 Å². The predicted molar refractivity (Wildman–Crippen MR) is 53.6 cm³/mol. The van der Waals surface area contributed by atoms with Crippen LogP contribution in [0.15, 0.2) is 24.3 Å². The molecule has 0 bridgehead atoms. The van der Waals surface area contributed by atoms with Gasteiger partial charge in [0.25, 0.3) is 0 Å². The van der Waals surface area contributed by atoms with Gasteiger partial charge in [-0.25, -0.2) is 9.18 Å². The lowest BCUT2D eigenvalue weighted by molar-refractivity contribution is 0.0695. The maximum Gasteiger partial charge on any atom is 0.336 e. The van der Waals surface area contributed by atoms with E-state index >= 15 is 0 Å². The van der Waals surface area contributed by atoms with E-state index in [0.29, 0.717) is 5.56 Å². The first kappa shape index (κ1) is 12.9. The number of rotatable bonds is 3. The highest BCUT2D eigenvalue weighted by Crippen LogP contribution is 2.16. The molecular weight excluding hydrogens is 209 g/mol. The molecule has 0 spiro atoms. The second-order valence-corrected chi connectivity index (χ2v) is 2.65. The minimum absolute atomic E-state index is 0. The fraction of sp³-hybridized carbons (Fsp3) is 0.222. The first-order chi connectivity index (χ1) is 6.16. The van der Waals surface area contributed by atoms with Crippen LogP contribution in [0.25, 0.3) is 0 Å². The molecule has 1 atom stereocenters. The Balaban J connectivity index is 0.00000169. The third-order valence-electron chi connectivity index (χ3n) is 1.76. The van der Waals surface area contributed by atoms with E-state index in [4.69, 9.17) is 10.8 Å². The largest absolute Gasteiger partial charge is 0.478 e. The molecule has 0 heterocycles. The molecule has 0 saturated carbocycles. The molecule has 1 rings (SSSR count). The number of aromatic carboxylic acids is 1. The van der Waals surface area contributed by atoms with Crippen molar-refractivity contribution in [1.29, 1.82) is 0 Å². The van der Waals surface area contributed by atoms with E-state index in [2.05, 4.69) is 0 Å². The van der Waals surface area contributed by atoms with Gasteiger partial charge < -0.3 is 10.8 Å². The topological polar surface area (TPSA) is 63.3 Å². The summed E-state index contributed by atoms with van der Waals surface area (Å²) < 4.78 is 12.2. The number of benzene rings is 1. The summed E-state index contributed by atoms with van der Waals surface area (Å²) in [5, 5.41) is 8.73. The average molecular weight is 220 g/mol. The molecule has 0 saturated heterocycles. The second-order valence-electron chi connectivity index (χ2n) is 2.65. The fourth-order valence-corrected chi connectivity index (χ4v) is 1.10. The number of carbonyl (C=O) groups is 1. The Morgan fingerprint density at radius 3 is 2.57 bits per heavy atom. The zero-order chi connectivity index (χ0) is 9.84. The quantitative estimate of drug-likeness (QED) is 0.815. The van der Waals surface area contributed by atoms with E-state index in [0.717, 1.165) is 0 Å². The molecule has 14 heavy (non-hydrogen) atoms. The standard InChI is InChI=1S/C9H10FNO2.ClH/c10-5-8(11)6-3-1-2-4-7(6)9(12)13;/h1-4,8H,5,11H2,(H,12,13);1H/t8-;/m1./s1. The highest BCUT2D eigenvalue weighted by molar-refractivity contribution is 5.89. The summed E-state index contributed by atoms with van der Waals surface area (Å²) in [5.74, 6) is -1.08. The van der Waals surface area contributed by atoms with E-state index in [1.807, 2.05) is 0 Å². The molecule has 1 aromatic rings. The van der Waals surface area contributed by atoms with Crippen molar-refractivity contribution in [3.63, 3.8) is 0 Å². The molecule has 5 heteroatoms. The molecule has 0 aliphatic rings. The van der Waals surface area contributed by atoms with E-state index in [9.17, 15) is 9.18 Å². The third-order valence-corrected chi connectivity index (χ3v) is 1.76. The fourth-order valence-electron chi connectivity index (χ4n) is 1.10. The van der Waals surface area contributed by atoms with Gasteiger partial charge in [0.1, 0.15) is 6.67 Å². The van der Waals surface area contributed by atoms with Crippen LogP contribution >= 0.6 is 12.4 Å². The average Bonchev–Trinajstić information content (AvgIpc) is 2.16. The van der Waals surface area contributed by atoms with Gasteiger partial charge in [0.05, 0.1) is 11.6 Å². The van der Waals surface area contributed by atoms with Crippen molar-refractivity contribution in [2.45, 2.75) is 6.04 Å². The molecule has 3 nitrogen and oxygen atoms in total. The summed E-state index contributed by atoms with van der Waals surface area (Å²) in [6, 6.07) is 5.29. The summed E-state index contributed by atoms with van der Waals surface area (Å²) in [7, 11) is 0. The SMILES string of the molecule is Cl.N[C@H](CF)c1ccccc1C(=O)O. The van der Waals surface area contributed by atoms with E-state index in [1.54, 1.807) is 12.1 Å². The zero-order valence-electron chi connectivity index (χ0n) is 7.31. The minimum Gasteiger partial charge on any atom is -0.478 e. The van der Waals surface area contributed by atoms with Gasteiger partial charge in [0, 0.05) is 0 Å². The van der Waals surface area contributed by atoms with E-state index in [-0.39, 0.29) is 18.0 Å². The third kappa shape index (κ3) is 2.68. The Hall–Kier alpha value is -1.13. The number of carboxylic acids is 1. The number of alkyl halides is 1. The minimum atomic E-state index is -1.08. The van der Waals surface area contributed by atoms with E-state index < -0.39 is 18.7 Å². The van der Waals surface area contributed by atoms with Crippen molar-refractivity contribution in [1.82, 2.24) is 0 Å². The molecule has 0 unspecified atom stereocenters. The Morgan fingerprint density at radius 1 is 1.50 bits per heavy atom. The van der Waals surface area contributed by atoms with Crippen molar-refractivity contribution < 1.29 is 14.3 Å². The van der Waals surface area contributed by atoms with E-state index in [1.165, 1.54) is 12.1 Å². The van der Waals surface area contributed by atoms with Gasteiger partial charge in [0.2, 0.25) is 0 Å².